The normalized spacial score (nSPS) is 14.8. The highest BCUT2D eigenvalue weighted by atomic mass is 32.2. The van der Waals surface area contributed by atoms with Gasteiger partial charge in [0.05, 0.1) is 5.00 Å². The van der Waals surface area contributed by atoms with Crippen molar-refractivity contribution >= 4 is 28.1 Å². The van der Waals surface area contributed by atoms with Crippen LogP contribution in [0.3, 0.4) is 0 Å². The van der Waals surface area contributed by atoms with E-state index < -0.39 is 0 Å². The van der Waals surface area contributed by atoms with Crippen LogP contribution in [0.2, 0.25) is 0 Å². The van der Waals surface area contributed by atoms with Crippen LogP contribution in [0.15, 0.2) is 30.3 Å². The van der Waals surface area contributed by atoms with Crippen molar-refractivity contribution in [2.75, 3.05) is 11.5 Å². The molecule has 0 unspecified atom stereocenters. The Bertz CT molecular complexity index is 502. The average molecular weight is 247 g/mol. The fourth-order valence-corrected chi connectivity index (χ4v) is 4.45. The van der Waals surface area contributed by atoms with Crippen LogP contribution in [0.5, 0.6) is 0 Å². The molecule has 16 heavy (non-hydrogen) atoms. The quantitative estimate of drug-likeness (QED) is 0.829. The van der Waals surface area contributed by atoms with Crippen molar-refractivity contribution in [3.05, 3.63) is 40.8 Å². The predicted molar refractivity (Wildman–Crippen MR) is 74.0 cm³/mol. The highest BCUT2D eigenvalue weighted by molar-refractivity contribution is 7.98. The summed E-state index contributed by atoms with van der Waals surface area (Å²) in [5, 5.41) is 0.985. The van der Waals surface area contributed by atoms with Crippen LogP contribution in [0.25, 0.3) is 11.1 Å². The number of thioether (sulfide) groups is 1. The van der Waals surface area contributed by atoms with Crippen molar-refractivity contribution in [1.29, 1.82) is 0 Å². The van der Waals surface area contributed by atoms with Crippen LogP contribution >= 0.6 is 23.1 Å². The van der Waals surface area contributed by atoms with Gasteiger partial charge in [-0.2, -0.15) is 11.8 Å². The highest BCUT2D eigenvalue weighted by Gasteiger charge is 2.20. The lowest BCUT2D eigenvalue weighted by atomic mass is 10.0. The van der Waals surface area contributed by atoms with Crippen molar-refractivity contribution in [3.8, 4) is 11.1 Å². The third-order valence-corrected chi connectivity index (χ3v) is 5.14. The first-order valence-electron chi connectivity index (χ1n) is 5.39. The molecule has 82 valence electrons. The summed E-state index contributed by atoms with van der Waals surface area (Å²) in [7, 11) is 0. The third-order valence-electron chi connectivity index (χ3n) is 2.91. The summed E-state index contributed by atoms with van der Waals surface area (Å²) in [6, 6.07) is 10.5. The van der Waals surface area contributed by atoms with Crippen LogP contribution in [0.1, 0.15) is 10.4 Å². The summed E-state index contributed by atoms with van der Waals surface area (Å²) in [5.41, 5.74) is 10.2. The van der Waals surface area contributed by atoms with E-state index >= 15 is 0 Å². The molecule has 0 amide bonds. The molecule has 2 heterocycles. The molecule has 1 aliphatic heterocycles. The minimum absolute atomic E-state index is 0.985. The summed E-state index contributed by atoms with van der Waals surface area (Å²) in [6.07, 6.45) is 1.16. The van der Waals surface area contributed by atoms with Gasteiger partial charge in [-0.25, -0.2) is 0 Å². The first-order valence-corrected chi connectivity index (χ1v) is 7.36. The SMILES string of the molecule is Nc1sc2c(c1-c1ccccc1)CCSC2. The Balaban J connectivity index is 2.17. The molecule has 0 atom stereocenters. The molecule has 0 spiro atoms. The van der Waals surface area contributed by atoms with E-state index in [4.69, 9.17) is 5.73 Å². The van der Waals surface area contributed by atoms with Gasteiger partial charge in [-0.15, -0.1) is 11.3 Å². The van der Waals surface area contributed by atoms with E-state index in [0.717, 1.165) is 17.2 Å². The maximum Gasteiger partial charge on any atom is 0.0942 e. The Morgan fingerprint density at radius 1 is 1.12 bits per heavy atom. The lowest BCUT2D eigenvalue weighted by Crippen LogP contribution is -1.99. The number of thiophene rings is 1. The van der Waals surface area contributed by atoms with Crippen molar-refractivity contribution in [2.24, 2.45) is 0 Å². The maximum absolute atomic E-state index is 6.16. The minimum atomic E-state index is 0.985. The standard InChI is InChI=1S/C13H13NS2/c14-13-12(9-4-2-1-3-5-9)10-6-7-15-8-11(10)16-13/h1-5H,6-8,14H2. The maximum atomic E-state index is 6.16. The molecule has 2 aromatic rings. The van der Waals surface area contributed by atoms with E-state index in [9.17, 15) is 0 Å². The average Bonchev–Trinajstić information content (AvgIpc) is 2.66. The Morgan fingerprint density at radius 3 is 2.75 bits per heavy atom. The molecule has 1 nitrogen and oxygen atoms in total. The second-order valence-corrected chi connectivity index (χ2v) is 6.15. The molecular weight excluding hydrogens is 234 g/mol. The van der Waals surface area contributed by atoms with Crippen LogP contribution in [-0.2, 0) is 12.2 Å². The summed E-state index contributed by atoms with van der Waals surface area (Å²) in [5.74, 6) is 2.36. The molecule has 0 radical (unpaired) electrons. The molecule has 0 bridgehead atoms. The Hall–Kier alpha value is -0.930. The molecular formula is C13H13NS2. The number of benzene rings is 1. The molecule has 1 aliphatic rings. The predicted octanol–water partition coefficient (Wildman–Crippen LogP) is 3.79. The number of rotatable bonds is 1. The van der Waals surface area contributed by atoms with E-state index in [0.29, 0.717) is 0 Å². The molecule has 3 heteroatoms. The fraction of sp³-hybridized carbons (Fsp3) is 0.231. The molecule has 1 aromatic heterocycles. The van der Waals surface area contributed by atoms with Crippen molar-refractivity contribution in [2.45, 2.75) is 12.2 Å². The lowest BCUT2D eigenvalue weighted by molar-refractivity contribution is 1.12. The van der Waals surface area contributed by atoms with Gasteiger partial charge in [-0.05, 0) is 23.3 Å². The molecule has 0 fully saturated rings. The van der Waals surface area contributed by atoms with Gasteiger partial charge in [-0.3, -0.25) is 0 Å². The van der Waals surface area contributed by atoms with E-state index in [1.807, 2.05) is 17.8 Å². The second kappa shape index (κ2) is 4.15. The molecule has 0 saturated carbocycles. The van der Waals surface area contributed by atoms with E-state index in [-0.39, 0.29) is 0 Å². The van der Waals surface area contributed by atoms with Crippen LogP contribution in [0.4, 0.5) is 5.00 Å². The van der Waals surface area contributed by atoms with E-state index in [1.165, 1.54) is 27.3 Å². The zero-order chi connectivity index (χ0) is 11.0. The van der Waals surface area contributed by atoms with E-state index in [2.05, 4.69) is 24.3 Å². The van der Waals surface area contributed by atoms with Crippen molar-refractivity contribution < 1.29 is 0 Å². The van der Waals surface area contributed by atoms with Gasteiger partial charge in [0.15, 0.2) is 0 Å². The van der Waals surface area contributed by atoms with Gasteiger partial charge in [0.1, 0.15) is 0 Å². The van der Waals surface area contributed by atoms with Gasteiger partial charge in [0, 0.05) is 16.2 Å². The van der Waals surface area contributed by atoms with Crippen LogP contribution in [0, 0.1) is 0 Å². The van der Waals surface area contributed by atoms with Crippen molar-refractivity contribution in [1.82, 2.24) is 0 Å². The number of hydrogen-bond donors (Lipinski definition) is 1. The Labute approximate surface area is 104 Å². The molecule has 0 saturated heterocycles. The summed E-state index contributed by atoms with van der Waals surface area (Å²) in [6.45, 7) is 0. The Kier molecular flexibility index (Phi) is 2.65. The van der Waals surface area contributed by atoms with Gasteiger partial charge in [0.2, 0.25) is 0 Å². The van der Waals surface area contributed by atoms with Gasteiger partial charge < -0.3 is 5.73 Å². The smallest absolute Gasteiger partial charge is 0.0942 e. The first kappa shape index (κ1) is 10.2. The summed E-state index contributed by atoms with van der Waals surface area (Å²) >= 11 is 3.78. The van der Waals surface area contributed by atoms with E-state index in [1.54, 1.807) is 11.3 Å². The number of fused-ring (bicyclic) bond motifs is 1. The highest BCUT2D eigenvalue weighted by Crippen LogP contribution is 2.43. The number of hydrogen-bond acceptors (Lipinski definition) is 3. The van der Waals surface area contributed by atoms with Gasteiger partial charge in [-0.1, -0.05) is 30.3 Å². The number of anilines is 1. The van der Waals surface area contributed by atoms with Crippen molar-refractivity contribution in [3.63, 3.8) is 0 Å². The number of nitrogen functional groups attached to an aromatic ring is 1. The molecule has 2 N–H and O–H groups in total. The zero-order valence-corrected chi connectivity index (χ0v) is 10.5. The lowest BCUT2D eigenvalue weighted by Gasteiger charge is -2.12. The van der Waals surface area contributed by atoms with Gasteiger partial charge in [0.25, 0.3) is 0 Å². The largest absolute Gasteiger partial charge is 0.390 e. The van der Waals surface area contributed by atoms with Crippen LogP contribution < -0.4 is 5.73 Å². The second-order valence-electron chi connectivity index (χ2n) is 3.91. The molecule has 3 rings (SSSR count). The summed E-state index contributed by atoms with van der Waals surface area (Å²) in [4.78, 5) is 1.48. The Morgan fingerprint density at radius 2 is 1.94 bits per heavy atom. The first-order chi connectivity index (χ1) is 7.86. The third kappa shape index (κ3) is 1.64. The molecule has 1 aromatic carbocycles. The number of nitrogens with two attached hydrogens (primary N) is 1. The van der Waals surface area contributed by atoms with Crippen LogP contribution in [-0.4, -0.2) is 5.75 Å². The fourth-order valence-electron chi connectivity index (χ4n) is 2.17. The topological polar surface area (TPSA) is 26.0 Å². The zero-order valence-electron chi connectivity index (χ0n) is 8.90. The monoisotopic (exact) mass is 247 g/mol. The van der Waals surface area contributed by atoms with Gasteiger partial charge >= 0.3 is 0 Å². The molecule has 0 aliphatic carbocycles. The minimum Gasteiger partial charge on any atom is -0.390 e. The summed E-state index contributed by atoms with van der Waals surface area (Å²) < 4.78 is 0.